The lowest BCUT2D eigenvalue weighted by Gasteiger charge is -2.33. The van der Waals surface area contributed by atoms with E-state index in [1.165, 1.54) is 0 Å². The molecule has 15 heavy (non-hydrogen) atoms. The van der Waals surface area contributed by atoms with Crippen molar-refractivity contribution in [3.63, 3.8) is 0 Å². The van der Waals surface area contributed by atoms with Crippen molar-refractivity contribution in [3.8, 4) is 0 Å². The topological polar surface area (TPSA) is 32.3 Å². The maximum Gasteiger partial charge on any atom is 0.108 e. The van der Waals surface area contributed by atoms with Crippen LogP contribution in [-0.2, 0) is 0 Å². The van der Waals surface area contributed by atoms with Gasteiger partial charge in [0.2, 0.25) is 0 Å². The van der Waals surface area contributed by atoms with Crippen molar-refractivity contribution in [2.24, 2.45) is 17.8 Å². The molecule has 0 aliphatic rings. The largest absolute Gasteiger partial charge is 0.378 e. The second-order valence-electron chi connectivity index (χ2n) is 6.38. The molecule has 0 heterocycles. The molecule has 92 valence electrons. The number of hydrogen-bond acceptors (Lipinski definition) is 2. The monoisotopic (exact) mass is 215 g/mol. The average molecular weight is 215 g/mol. The van der Waals surface area contributed by atoms with Crippen molar-refractivity contribution in [3.05, 3.63) is 0 Å². The summed E-state index contributed by atoms with van der Waals surface area (Å²) >= 11 is 0. The highest BCUT2D eigenvalue weighted by atomic mass is 16.3. The molecule has 2 atom stereocenters. The first kappa shape index (κ1) is 14.9. The molecule has 2 N–H and O–H groups in total. The van der Waals surface area contributed by atoms with E-state index in [0.29, 0.717) is 17.8 Å². The van der Waals surface area contributed by atoms with E-state index in [4.69, 9.17) is 0 Å². The summed E-state index contributed by atoms with van der Waals surface area (Å²) in [6, 6.07) is 0. The third-order valence-corrected chi connectivity index (χ3v) is 2.59. The highest BCUT2D eigenvalue weighted by molar-refractivity contribution is 4.78. The number of aliphatic hydroxyl groups is 1. The van der Waals surface area contributed by atoms with E-state index in [0.717, 1.165) is 6.42 Å². The Hall–Kier alpha value is -0.0800. The van der Waals surface area contributed by atoms with Gasteiger partial charge in [-0.1, -0.05) is 27.7 Å². The van der Waals surface area contributed by atoms with Crippen LogP contribution >= 0.6 is 0 Å². The molecular weight excluding hydrogens is 186 g/mol. The Kier molecular flexibility index (Phi) is 5.82. The van der Waals surface area contributed by atoms with Crippen molar-refractivity contribution in [2.75, 3.05) is 0 Å². The van der Waals surface area contributed by atoms with Gasteiger partial charge in [-0.05, 0) is 39.0 Å². The van der Waals surface area contributed by atoms with Gasteiger partial charge in [0.1, 0.15) is 6.23 Å². The van der Waals surface area contributed by atoms with Gasteiger partial charge in [0.15, 0.2) is 0 Å². The zero-order chi connectivity index (χ0) is 12.2. The molecule has 0 saturated heterocycles. The van der Waals surface area contributed by atoms with E-state index in [9.17, 15) is 5.11 Å². The van der Waals surface area contributed by atoms with Crippen LogP contribution in [0.2, 0.25) is 0 Å². The molecule has 0 aliphatic heterocycles. The smallest absolute Gasteiger partial charge is 0.108 e. The molecule has 0 rings (SSSR count). The quantitative estimate of drug-likeness (QED) is 0.691. The van der Waals surface area contributed by atoms with E-state index in [1.54, 1.807) is 0 Å². The standard InChI is InChI=1S/C13H29NO/c1-9(2)8-11(10(3)4)12(15)14-13(5,6)7/h9-12,14-15H,8H2,1-7H3. The predicted octanol–water partition coefficient (Wildman–Crippen LogP) is 3.01. The predicted molar refractivity (Wildman–Crippen MR) is 66.7 cm³/mol. The molecule has 0 spiro atoms. The van der Waals surface area contributed by atoms with Gasteiger partial charge >= 0.3 is 0 Å². The van der Waals surface area contributed by atoms with E-state index >= 15 is 0 Å². The van der Waals surface area contributed by atoms with Crippen LogP contribution in [0.25, 0.3) is 0 Å². The van der Waals surface area contributed by atoms with Gasteiger partial charge in [0, 0.05) is 11.5 Å². The second kappa shape index (κ2) is 5.86. The molecule has 2 heteroatoms. The lowest BCUT2D eigenvalue weighted by molar-refractivity contribution is 0.0206. The maximum atomic E-state index is 10.2. The van der Waals surface area contributed by atoms with Crippen LogP contribution in [0.1, 0.15) is 54.9 Å². The van der Waals surface area contributed by atoms with Gasteiger partial charge in [0.05, 0.1) is 0 Å². The van der Waals surface area contributed by atoms with Crippen molar-refractivity contribution in [1.82, 2.24) is 5.32 Å². The summed E-state index contributed by atoms with van der Waals surface area (Å²) in [5, 5.41) is 13.4. The molecule has 0 saturated carbocycles. The van der Waals surface area contributed by atoms with Crippen molar-refractivity contribution < 1.29 is 5.11 Å². The van der Waals surface area contributed by atoms with Crippen LogP contribution in [0.5, 0.6) is 0 Å². The molecule has 0 fully saturated rings. The molecule has 0 amide bonds. The number of rotatable bonds is 5. The second-order valence-corrected chi connectivity index (χ2v) is 6.38. The van der Waals surface area contributed by atoms with Crippen molar-refractivity contribution in [1.29, 1.82) is 0 Å². The van der Waals surface area contributed by atoms with Gasteiger partial charge in [-0.25, -0.2) is 0 Å². The maximum absolute atomic E-state index is 10.2. The molecular formula is C13H29NO. The lowest BCUT2D eigenvalue weighted by atomic mass is 9.85. The molecule has 0 aromatic heterocycles. The van der Waals surface area contributed by atoms with Crippen LogP contribution in [0.15, 0.2) is 0 Å². The third-order valence-electron chi connectivity index (χ3n) is 2.59. The molecule has 0 bridgehead atoms. The first-order chi connectivity index (χ1) is 6.63. The van der Waals surface area contributed by atoms with E-state index in [-0.39, 0.29) is 5.54 Å². The van der Waals surface area contributed by atoms with Gasteiger partial charge in [-0.3, -0.25) is 5.32 Å². The van der Waals surface area contributed by atoms with Crippen LogP contribution in [0, 0.1) is 17.8 Å². The molecule has 0 aromatic rings. The van der Waals surface area contributed by atoms with Crippen LogP contribution in [-0.4, -0.2) is 16.9 Å². The first-order valence-electron chi connectivity index (χ1n) is 6.09. The van der Waals surface area contributed by atoms with Gasteiger partial charge < -0.3 is 5.11 Å². The molecule has 0 aliphatic carbocycles. The number of aliphatic hydroxyl groups excluding tert-OH is 1. The summed E-state index contributed by atoms with van der Waals surface area (Å²) in [5.41, 5.74) is -0.0243. The van der Waals surface area contributed by atoms with Crippen LogP contribution in [0.4, 0.5) is 0 Å². The number of nitrogens with one attached hydrogen (secondary N) is 1. The SMILES string of the molecule is CC(C)CC(C(C)C)C(O)NC(C)(C)C. The van der Waals surface area contributed by atoms with Crippen molar-refractivity contribution >= 4 is 0 Å². The van der Waals surface area contributed by atoms with Crippen LogP contribution in [0.3, 0.4) is 0 Å². The highest BCUT2D eigenvalue weighted by Crippen LogP contribution is 2.23. The Morgan fingerprint density at radius 1 is 1.07 bits per heavy atom. The van der Waals surface area contributed by atoms with Crippen molar-refractivity contribution in [2.45, 2.75) is 66.7 Å². The summed E-state index contributed by atoms with van der Waals surface area (Å²) in [6.45, 7) is 15.0. The Labute approximate surface area is 95.5 Å². The lowest BCUT2D eigenvalue weighted by Crippen LogP contribution is -2.48. The first-order valence-corrected chi connectivity index (χ1v) is 6.09. The zero-order valence-corrected chi connectivity index (χ0v) is 11.5. The molecule has 2 unspecified atom stereocenters. The fourth-order valence-electron chi connectivity index (χ4n) is 1.86. The average Bonchev–Trinajstić information content (AvgIpc) is 1.95. The summed E-state index contributed by atoms with van der Waals surface area (Å²) in [5.74, 6) is 1.48. The number of hydrogen-bond donors (Lipinski definition) is 2. The van der Waals surface area contributed by atoms with E-state index in [2.05, 4.69) is 53.8 Å². The van der Waals surface area contributed by atoms with Gasteiger partial charge in [-0.15, -0.1) is 0 Å². The van der Waals surface area contributed by atoms with Crippen LogP contribution < -0.4 is 5.32 Å². The van der Waals surface area contributed by atoms with Gasteiger partial charge in [-0.2, -0.15) is 0 Å². The highest BCUT2D eigenvalue weighted by Gasteiger charge is 2.26. The normalized spacial score (nSPS) is 17.2. The third kappa shape index (κ3) is 6.91. The summed E-state index contributed by atoms with van der Waals surface area (Å²) in [4.78, 5) is 0. The Bertz CT molecular complexity index is 170. The zero-order valence-electron chi connectivity index (χ0n) is 11.5. The molecule has 0 aromatic carbocycles. The Balaban J connectivity index is 4.36. The fraction of sp³-hybridized carbons (Fsp3) is 1.00. The van der Waals surface area contributed by atoms with E-state index < -0.39 is 6.23 Å². The fourth-order valence-corrected chi connectivity index (χ4v) is 1.86. The summed E-state index contributed by atoms with van der Waals surface area (Å²) < 4.78 is 0. The minimum absolute atomic E-state index is 0.0243. The minimum Gasteiger partial charge on any atom is -0.378 e. The van der Waals surface area contributed by atoms with Gasteiger partial charge in [0.25, 0.3) is 0 Å². The summed E-state index contributed by atoms with van der Waals surface area (Å²) in [7, 11) is 0. The Morgan fingerprint density at radius 3 is 1.80 bits per heavy atom. The summed E-state index contributed by atoms with van der Waals surface area (Å²) in [6.07, 6.45) is 0.675. The molecule has 0 radical (unpaired) electrons. The minimum atomic E-state index is -0.396. The molecule has 2 nitrogen and oxygen atoms in total. The Morgan fingerprint density at radius 2 is 1.53 bits per heavy atom. The van der Waals surface area contributed by atoms with E-state index in [1.807, 2.05) is 0 Å².